The van der Waals surface area contributed by atoms with Crippen molar-refractivity contribution in [2.24, 2.45) is 0 Å². The van der Waals surface area contributed by atoms with Gasteiger partial charge in [0.25, 0.3) is 11.5 Å². The molecule has 0 bridgehead atoms. The van der Waals surface area contributed by atoms with E-state index in [4.69, 9.17) is 0 Å². The van der Waals surface area contributed by atoms with E-state index in [2.05, 4.69) is 15.2 Å². The number of fused-ring (bicyclic) bond motifs is 1. The Bertz CT molecular complexity index is 734. The fourth-order valence-corrected chi connectivity index (χ4v) is 1.74. The molecule has 0 aliphatic carbocycles. The van der Waals surface area contributed by atoms with Gasteiger partial charge >= 0.3 is 6.18 Å². The number of halogens is 3. The van der Waals surface area contributed by atoms with Gasteiger partial charge in [-0.15, -0.1) is 14.6 Å². The highest BCUT2D eigenvalue weighted by molar-refractivity contribution is 5.34. The summed E-state index contributed by atoms with van der Waals surface area (Å²) in [5.41, 5.74) is -0.448. The lowest BCUT2D eigenvalue weighted by Gasteiger charge is -2.06. The van der Waals surface area contributed by atoms with Crippen molar-refractivity contribution in [3.05, 3.63) is 48.5 Å². The molecule has 3 aromatic rings. The van der Waals surface area contributed by atoms with E-state index in [1.165, 1.54) is 29.3 Å². The van der Waals surface area contributed by atoms with Crippen molar-refractivity contribution in [3.63, 3.8) is 0 Å². The van der Waals surface area contributed by atoms with Gasteiger partial charge in [-0.2, -0.15) is 13.2 Å². The minimum absolute atomic E-state index is 0.273. The average molecular weight is 266 g/mol. The molecule has 0 spiro atoms. The predicted octanol–water partition coefficient (Wildman–Crippen LogP) is 1.42. The van der Waals surface area contributed by atoms with Crippen molar-refractivity contribution in [1.29, 1.82) is 0 Å². The van der Waals surface area contributed by atoms with Crippen LogP contribution in [0.3, 0.4) is 0 Å². The zero-order valence-electron chi connectivity index (χ0n) is 9.41. The quantitative estimate of drug-likeness (QED) is 0.626. The molecule has 0 unspecified atom stereocenters. The molecule has 3 heterocycles. The molecule has 5 nitrogen and oxygen atoms in total. The monoisotopic (exact) mass is 266 g/mol. The first-order valence-corrected chi connectivity index (χ1v) is 5.30. The van der Waals surface area contributed by atoms with Gasteiger partial charge in [0.1, 0.15) is 11.8 Å². The molecule has 0 saturated carbocycles. The van der Waals surface area contributed by atoms with Gasteiger partial charge in [0.15, 0.2) is 0 Å². The second-order valence-electron chi connectivity index (χ2n) is 3.74. The van der Waals surface area contributed by atoms with Gasteiger partial charge in [-0.1, -0.05) is 9.78 Å². The minimum Gasteiger partial charge on any atom is -0.166 e. The Labute approximate surface area is 104 Å². The van der Waals surface area contributed by atoms with Crippen LogP contribution in [0.5, 0.6) is 0 Å². The standard InChI is InChI=1S/C11H7F3N5/c12-11(13,14)8-3-1-5-15-10(8)19-9-4-2-6-16-18(9)7-17-19/h1-7H/q+1. The van der Waals surface area contributed by atoms with Crippen molar-refractivity contribution in [2.75, 3.05) is 0 Å². The lowest BCUT2D eigenvalue weighted by atomic mass is 10.2. The van der Waals surface area contributed by atoms with Crippen molar-refractivity contribution >= 4 is 5.65 Å². The summed E-state index contributed by atoms with van der Waals surface area (Å²) in [6.45, 7) is 0. The summed E-state index contributed by atoms with van der Waals surface area (Å²) in [6.07, 6.45) is -0.361. The maximum absolute atomic E-state index is 12.9. The fourth-order valence-electron chi connectivity index (χ4n) is 1.74. The van der Waals surface area contributed by atoms with Crippen LogP contribution in [0.2, 0.25) is 0 Å². The van der Waals surface area contributed by atoms with Gasteiger partial charge in [-0.3, -0.25) is 0 Å². The molecule has 0 fully saturated rings. The van der Waals surface area contributed by atoms with Crippen LogP contribution in [0.25, 0.3) is 11.5 Å². The van der Waals surface area contributed by atoms with Crippen molar-refractivity contribution < 1.29 is 17.9 Å². The second kappa shape index (κ2) is 4.01. The summed E-state index contributed by atoms with van der Waals surface area (Å²) < 4.78 is 41.3. The lowest BCUT2D eigenvalue weighted by molar-refractivity contribution is -0.636. The average Bonchev–Trinajstić information content (AvgIpc) is 2.81. The Morgan fingerprint density at radius 2 is 1.89 bits per heavy atom. The Morgan fingerprint density at radius 3 is 2.68 bits per heavy atom. The van der Waals surface area contributed by atoms with Gasteiger partial charge in [0.2, 0.25) is 6.33 Å². The summed E-state index contributed by atoms with van der Waals surface area (Å²) in [6, 6.07) is 5.43. The van der Waals surface area contributed by atoms with Gasteiger partial charge < -0.3 is 0 Å². The van der Waals surface area contributed by atoms with E-state index in [9.17, 15) is 13.2 Å². The normalized spacial score (nSPS) is 11.9. The first kappa shape index (κ1) is 11.6. The molecule has 19 heavy (non-hydrogen) atoms. The van der Waals surface area contributed by atoms with Crippen LogP contribution >= 0.6 is 0 Å². The van der Waals surface area contributed by atoms with Gasteiger partial charge in [-0.25, -0.2) is 0 Å². The molecule has 0 saturated heterocycles. The first-order chi connectivity index (χ1) is 9.07. The third kappa shape index (κ3) is 1.90. The molecular formula is C11H7F3N5+. The van der Waals surface area contributed by atoms with E-state index in [-0.39, 0.29) is 5.82 Å². The van der Waals surface area contributed by atoms with Crippen LogP contribution in [0.1, 0.15) is 5.56 Å². The van der Waals surface area contributed by atoms with Crippen LogP contribution in [0.15, 0.2) is 43.0 Å². The van der Waals surface area contributed by atoms with Crippen molar-refractivity contribution in [1.82, 2.24) is 19.7 Å². The van der Waals surface area contributed by atoms with Crippen LogP contribution in [-0.2, 0) is 6.18 Å². The smallest absolute Gasteiger partial charge is 0.166 e. The molecule has 96 valence electrons. The van der Waals surface area contributed by atoms with Crippen LogP contribution in [-0.4, -0.2) is 19.7 Å². The van der Waals surface area contributed by atoms with E-state index in [1.54, 1.807) is 12.1 Å². The molecule has 0 atom stereocenters. The van der Waals surface area contributed by atoms with Crippen molar-refractivity contribution in [2.45, 2.75) is 6.18 Å². The predicted molar refractivity (Wildman–Crippen MR) is 57.3 cm³/mol. The molecular weight excluding hydrogens is 259 g/mol. The first-order valence-electron chi connectivity index (χ1n) is 5.30. The summed E-state index contributed by atoms with van der Waals surface area (Å²) in [7, 11) is 0. The number of hydrogen-bond donors (Lipinski definition) is 0. The molecule has 0 aliphatic rings. The van der Waals surface area contributed by atoms with Gasteiger partial charge in [-0.05, 0) is 18.2 Å². The van der Waals surface area contributed by atoms with Crippen LogP contribution in [0.4, 0.5) is 13.2 Å². The van der Waals surface area contributed by atoms with Gasteiger partial charge in [0.05, 0.1) is 6.20 Å². The molecule has 0 amide bonds. The van der Waals surface area contributed by atoms with Crippen LogP contribution < -0.4 is 4.68 Å². The Kier molecular flexibility index (Phi) is 2.44. The topological polar surface area (TPSA) is 47.0 Å². The molecule has 3 rings (SSSR count). The third-order valence-corrected chi connectivity index (χ3v) is 2.54. The molecule has 8 heteroatoms. The highest BCUT2D eigenvalue weighted by Crippen LogP contribution is 2.30. The lowest BCUT2D eigenvalue weighted by Crippen LogP contribution is -2.37. The summed E-state index contributed by atoms with van der Waals surface area (Å²) in [5.74, 6) is -0.273. The number of hydrogen-bond acceptors (Lipinski definition) is 3. The number of nitrogens with zero attached hydrogens (tertiary/aromatic N) is 5. The van der Waals surface area contributed by atoms with E-state index in [0.29, 0.717) is 5.65 Å². The van der Waals surface area contributed by atoms with Crippen molar-refractivity contribution in [3.8, 4) is 5.82 Å². The maximum Gasteiger partial charge on any atom is 0.422 e. The summed E-state index contributed by atoms with van der Waals surface area (Å²) in [4.78, 5) is 3.78. The van der Waals surface area contributed by atoms with E-state index < -0.39 is 11.7 Å². The number of alkyl halides is 3. The Hall–Kier alpha value is -2.51. The number of rotatable bonds is 1. The molecule has 0 radical (unpaired) electrons. The zero-order valence-corrected chi connectivity index (χ0v) is 9.41. The van der Waals surface area contributed by atoms with E-state index >= 15 is 0 Å². The number of pyridine rings is 1. The Balaban J connectivity index is 2.28. The van der Waals surface area contributed by atoms with Gasteiger partial charge in [0, 0.05) is 6.07 Å². The highest BCUT2D eigenvalue weighted by atomic mass is 19.4. The van der Waals surface area contributed by atoms with E-state index in [1.807, 2.05) is 0 Å². The largest absolute Gasteiger partial charge is 0.422 e. The zero-order chi connectivity index (χ0) is 13.5. The molecule has 0 aromatic carbocycles. The molecule has 0 N–H and O–H groups in total. The highest BCUT2D eigenvalue weighted by Gasteiger charge is 2.38. The summed E-state index contributed by atoms with van der Waals surface area (Å²) in [5, 5.41) is 7.84. The Morgan fingerprint density at radius 1 is 1.11 bits per heavy atom. The third-order valence-electron chi connectivity index (χ3n) is 2.54. The fraction of sp³-hybridized carbons (Fsp3) is 0.0909. The number of aromatic nitrogens is 5. The summed E-state index contributed by atoms with van der Waals surface area (Å²) >= 11 is 0. The second-order valence-corrected chi connectivity index (χ2v) is 3.74. The van der Waals surface area contributed by atoms with Crippen LogP contribution in [0, 0.1) is 0 Å². The maximum atomic E-state index is 12.9. The molecule has 0 aliphatic heterocycles. The molecule has 3 aromatic heterocycles. The van der Waals surface area contributed by atoms with E-state index in [0.717, 1.165) is 10.7 Å². The minimum atomic E-state index is -4.49. The SMILES string of the molecule is FC(F)(F)c1cccnc1-[n+]1ncn2ncccc21.